The third-order valence-electron chi connectivity index (χ3n) is 4.55. The van der Waals surface area contributed by atoms with Crippen molar-refractivity contribution in [3.05, 3.63) is 48.0 Å². The van der Waals surface area contributed by atoms with Gasteiger partial charge in [-0.1, -0.05) is 0 Å². The quantitative estimate of drug-likeness (QED) is 0.699. The summed E-state index contributed by atoms with van der Waals surface area (Å²) in [5.74, 6) is -0.516. The number of hydrogen-bond donors (Lipinski definition) is 1. The first-order valence-corrected chi connectivity index (χ1v) is 9.15. The van der Waals surface area contributed by atoms with Gasteiger partial charge >= 0.3 is 0 Å². The number of carbonyl (C=O) groups is 2. The summed E-state index contributed by atoms with van der Waals surface area (Å²) < 4.78 is 19.5. The molecule has 0 atom stereocenters. The smallest absolute Gasteiger partial charge is 0.274 e. The van der Waals surface area contributed by atoms with Crippen LogP contribution < -0.4 is 5.32 Å². The summed E-state index contributed by atoms with van der Waals surface area (Å²) in [7, 11) is 1.59. The molecule has 0 saturated carbocycles. The first-order chi connectivity index (χ1) is 13.6. The van der Waals surface area contributed by atoms with Crippen LogP contribution in [-0.2, 0) is 9.53 Å². The van der Waals surface area contributed by atoms with Gasteiger partial charge in [0.25, 0.3) is 5.91 Å². The number of rotatable bonds is 7. The van der Waals surface area contributed by atoms with Gasteiger partial charge in [0.2, 0.25) is 5.91 Å². The van der Waals surface area contributed by atoms with E-state index in [1.807, 2.05) is 4.90 Å². The third kappa shape index (κ3) is 5.14. The van der Waals surface area contributed by atoms with Crippen LogP contribution >= 0.6 is 0 Å². The molecule has 2 aromatic rings. The molecule has 8 nitrogen and oxygen atoms in total. The van der Waals surface area contributed by atoms with Gasteiger partial charge in [-0.15, -0.1) is 0 Å². The number of halogens is 1. The van der Waals surface area contributed by atoms with Crippen LogP contribution in [0.5, 0.6) is 0 Å². The van der Waals surface area contributed by atoms with Gasteiger partial charge in [-0.05, 0) is 30.3 Å². The maximum Gasteiger partial charge on any atom is 0.274 e. The largest absolute Gasteiger partial charge is 0.383 e. The fourth-order valence-corrected chi connectivity index (χ4v) is 3.00. The summed E-state index contributed by atoms with van der Waals surface area (Å²) in [5, 5.41) is 7.10. The van der Waals surface area contributed by atoms with E-state index in [1.165, 1.54) is 12.1 Å². The number of methoxy groups -OCH3 is 1. The molecule has 150 valence electrons. The molecule has 0 aliphatic carbocycles. The van der Waals surface area contributed by atoms with Gasteiger partial charge in [0, 0.05) is 46.0 Å². The van der Waals surface area contributed by atoms with E-state index < -0.39 is 0 Å². The number of piperazine rings is 1. The number of ether oxygens (including phenoxy) is 1. The van der Waals surface area contributed by atoms with Crippen molar-refractivity contribution in [2.24, 2.45) is 0 Å². The number of nitrogens with zero attached hydrogens (tertiary/aromatic N) is 4. The third-order valence-corrected chi connectivity index (χ3v) is 4.55. The SMILES string of the molecule is COCCNC(=O)CN1CCN(C(=O)c2ccn(-c3ccc(F)cc3)n2)CC1. The van der Waals surface area contributed by atoms with E-state index in [0.717, 1.165) is 0 Å². The number of amides is 2. The highest BCUT2D eigenvalue weighted by atomic mass is 19.1. The van der Waals surface area contributed by atoms with Gasteiger partial charge in [0.1, 0.15) is 5.82 Å². The predicted octanol–water partition coefficient (Wildman–Crippen LogP) is 0.532. The Balaban J connectivity index is 1.50. The van der Waals surface area contributed by atoms with Crippen molar-refractivity contribution in [3.63, 3.8) is 0 Å². The summed E-state index contributed by atoms with van der Waals surface area (Å²) in [6, 6.07) is 7.56. The van der Waals surface area contributed by atoms with Gasteiger partial charge in [0.05, 0.1) is 18.8 Å². The molecular weight excluding hydrogens is 365 g/mol. The summed E-state index contributed by atoms with van der Waals surface area (Å²) in [5.41, 5.74) is 1.03. The highest BCUT2D eigenvalue weighted by molar-refractivity contribution is 5.92. The lowest BCUT2D eigenvalue weighted by Crippen LogP contribution is -2.51. The lowest BCUT2D eigenvalue weighted by molar-refractivity contribution is -0.122. The molecule has 1 N–H and O–H groups in total. The highest BCUT2D eigenvalue weighted by Crippen LogP contribution is 2.11. The van der Waals surface area contributed by atoms with Crippen molar-refractivity contribution in [2.45, 2.75) is 0 Å². The van der Waals surface area contributed by atoms with E-state index in [9.17, 15) is 14.0 Å². The van der Waals surface area contributed by atoms with Crippen LogP contribution in [0.1, 0.15) is 10.5 Å². The Morgan fingerprint density at radius 3 is 2.54 bits per heavy atom. The molecule has 1 aliphatic heterocycles. The zero-order valence-corrected chi connectivity index (χ0v) is 15.8. The number of hydrogen-bond acceptors (Lipinski definition) is 5. The molecule has 2 amide bonds. The lowest BCUT2D eigenvalue weighted by atomic mass is 10.2. The van der Waals surface area contributed by atoms with Gasteiger partial charge < -0.3 is 15.0 Å². The topological polar surface area (TPSA) is 79.7 Å². The van der Waals surface area contributed by atoms with Gasteiger partial charge in [0.15, 0.2) is 5.69 Å². The maximum atomic E-state index is 13.0. The second-order valence-corrected chi connectivity index (χ2v) is 6.53. The average Bonchev–Trinajstić information content (AvgIpc) is 3.19. The van der Waals surface area contributed by atoms with Crippen LogP contribution in [0.4, 0.5) is 4.39 Å². The maximum absolute atomic E-state index is 13.0. The van der Waals surface area contributed by atoms with E-state index in [4.69, 9.17) is 4.74 Å². The molecule has 3 rings (SSSR count). The molecular formula is C19H24FN5O3. The molecule has 2 heterocycles. The number of nitrogens with one attached hydrogen (secondary N) is 1. The first-order valence-electron chi connectivity index (χ1n) is 9.15. The standard InChI is InChI=1S/C19H24FN5O3/c1-28-13-7-21-18(26)14-23-9-11-24(12-10-23)19(27)17-6-8-25(22-17)16-4-2-15(20)3-5-16/h2-6,8H,7,9-14H2,1H3,(H,21,26). The Morgan fingerprint density at radius 1 is 1.14 bits per heavy atom. The first kappa shape index (κ1) is 20.0. The Kier molecular flexibility index (Phi) is 6.72. The molecule has 1 aromatic carbocycles. The van der Waals surface area contributed by atoms with Gasteiger partial charge in [-0.2, -0.15) is 5.10 Å². The van der Waals surface area contributed by atoms with E-state index in [0.29, 0.717) is 57.3 Å². The molecule has 1 saturated heterocycles. The summed E-state index contributed by atoms with van der Waals surface area (Å²) >= 11 is 0. The predicted molar refractivity (Wildman–Crippen MR) is 101 cm³/mol. The number of benzene rings is 1. The van der Waals surface area contributed by atoms with Crippen molar-refractivity contribution in [1.82, 2.24) is 24.9 Å². The van der Waals surface area contributed by atoms with Crippen LogP contribution in [0.3, 0.4) is 0 Å². The molecule has 28 heavy (non-hydrogen) atoms. The molecule has 9 heteroatoms. The molecule has 1 fully saturated rings. The average molecular weight is 389 g/mol. The highest BCUT2D eigenvalue weighted by Gasteiger charge is 2.24. The Bertz CT molecular complexity index is 800. The Morgan fingerprint density at radius 2 is 1.86 bits per heavy atom. The van der Waals surface area contributed by atoms with Gasteiger partial charge in [-0.3, -0.25) is 14.5 Å². The fourth-order valence-electron chi connectivity index (χ4n) is 3.00. The second kappa shape index (κ2) is 9.43. The van der Waals surface area contributed by atoms with Crippen LogP contribution in [-0.4, -0.2) is 84.4 Å². The monoisotopic (exact) mass is 389 g/mol. The molecule has 0 radical (unpaired) electrons. The van der Waals surface area contributed by atoms with Gasteiger partial charge in [-0.25, -0.2) is 9.07 Å². The van der Waals surface area contributed by atoms with Crippen LogP contribution in [0.2, 0.25) is 0 Å². The van der Waals surface area contributed by atoms with Crippen molar-refractivity contribution in [3.8, 4) is 5.69 Å². The van der Waals surface area contributed by atoms with E-state index >= 15 is 0 Å². The normalized spacial score (nSPS) is 14.9. The molecule has 1 aromatic heterocycles. The Hall–Kier alpha value is -2.78. The number of aromatic nitrogens is 2. The summed E-state index contributed by atoms with van der Waals surface area (Å²) in [4.78, 5) is 28.3. The van der Waals surface area contributed by atoms with E-state index in [-0.39, 0.29) is 17.6 Å². The van der Waals surface area contributed by atoms with Crippen molar-refractivity contribution >= 4 is 11.8 Å². The van der Waals surface area contributed by atoms with Crippen LogP contribution in [0, 0.1) is 5.82 Å². The zero-order chi connectivity index (χ0) is 19.9. The molecule has 1 aliphatic rings. The van der Waals surface area contributed by atoms with Crippen LogP contribution in [0.25, 0.3) is 5.69 Å². The second-order valence-electron chi connectivity index (χ2n) is 6.53. The Labute approximate surface area is 162 Å². The van der Waals surface area contributed by atoms with Crippen molar-refractivity contribution in [2.75, 3.05) is 53.0 Å². The lowest BCUT2D eigenvalue weighted by Gasteiger charge is -2.33. The summed E-state index contributed by atoms with van der Waals surface area (Å²) in [6.45, 7) is 3.61. The number of carbonyl (C=O) groups excluding carboxylic acids is 2. The minimum absolute atomic E-state index is 0.0464. The minimum atomic E-state index is -0.322. The zero-order valence-electron chi connectivity index (χ0n) is 15.8. The molecule has 0 spiro atoms. The molecule has 0 unspecified atom stereocenters. The minimum Gasteiger partial charge on any atom is -0.383 e. The fraction of sp³-hybridized carbons (Fsp3) is 0.421. The van der Waals surface area contributed by atoms with Crippen LogP contribution in [0.15, 0.2) is 36.5 Å². The van der Waals surface area contributed by atoms with E-state index in [1.54, 1.807) is 41.1 Å². The van der Waals surface area contributed by atoms with Crippen molar-refractivity contribution in [1.29, 1.82) is 0 Å². The van der Waals surface area contributed by atoms with E-state index in [2.05, 4.69) is 10.4 Å². The van der Waals surface area contributed by atoms with Crippen molar-refractivity contribution < 1.29 is 18.7 Å². The summed E-state index contributed by atoms with van der Waals surface area (Å²) in [6.07, 6.45) is 1.68. The molecule has 0 bridgehead atoms.